The zero-order chi connectivity index (χ0) is 16.2. The molecule has 1 heterocycles. The second kappa shape index (κ2) is 6.80. The van der Waals surface area contributed by atoms with Crippen LogP contribution in [0.25, 0.3) is 0 Å². The highest BCUT2D eigenvalue weighted by molar-refractivity contribution is 5.68. The average molecular weight is 301 g/mol. The van der Waals surface area contributed by atoms with E-state index < -0.39 is 5.60 Å². The number of hydrogen-bond donors (Lipinski definition) is 1. The minimum atomic E-state index is -0.464. The lowest BCUT2D eigenvalue weighted by Gasteiger charge is -2.24. The Balaban J connectivity index is 1.84. The van der Waals surface area contributed by atoms with Crippen molar-refractivity contribution in [1.29, 1.82) is 5.26 Å². The molecule has 1 fully saturated rings. The molecule has 1 aromatic rings. The highest BCUT2D eigenvalue weighted by Crippen LogP contribution is 2.16. The van der Waals surface area contributed by atoms with Crippen molar-refractivity contribution in [2.75, 3.05) is 13.1 Å². The van der Waals surface area contributed by atoms with Gasteiger partial charge in [0.2, 0.25) is 0 Å². The number of benzene rings is 1. The van der Waals surface area contributed by atoms with Crippen LogP contribution in [0.2, 0.25) is 0 Å². The molecule has 0 saturated carbocycles. The highest BCUT2D eigenvalue weighted by atomic mass is 16.6. The number of carbonyl (C=O) groups is 1. The lowest BCUT2D eigenvalue weighted by Crippen LogP contribution is -2.38. The summed E-state index contributed by atoms with van der Waals surface area (Å²) in [6, 6.07) is 10.00. The number of ether oxygens (including phenoxy) is 1. The third-order valence-corrected chi connectivity index (χ3v) is 3.56. The van der Waals surface area contributed by atoms with Crippen LogP contribution in [0, 0.1) is 11.3 Å². The van der Waals surface area contributed by atoms with Crippen molar-refractivity contribution < 1.29 is 9.53 Å². The Bertz CT molecular complexity index is 572. The molecule has 0 spiro atoms. The summed E-state index contributed by atoms with van der Waals surface area (Å²) in [6.07, 6.45) is 0.641. The van der Waals surface area contributed by atoms with Gasteiger partial charge in [0.1, 0.15) is 5.60 Å². The summed E-state index contributed by atoms with van der Waals surface area (Å²) in [5, 5.41) is 12.5. The van der Waals surface area contributed by atoms with Crippen molar-refractivity contribution in [3.63, 3.8) is 0 Å². The van der Waals surface area contributed by atoms with Crippen LogP contribution in [0.4, 0.5) is 4.79 Å². The summed E-state index contributed by atoms with van der Waals surface area (Å²) in [6.45, 7) is 7.59. The van der Waals surface area contributed by atoms with Crippen LogP contribution in [-0.2, 0) is 11.3 Å². The molecule has 1 N–H and O–H groups in total. The van der Waals surface area contributed by atoms with Crippen molar-refractivity contribution in [2.24, 2.45) is 0 Å². The van der Waals surface area contributed by atoms with Crippen LogP contribution in [0.3, 0.4) is 0 Å². The van der Waals surface area contributed by atoms with Gasteiger partial charge >= 0.3 is 6.09 Å². The number of hydrogen-bond acceptors (Lipinski definition) is 4. The van der Waals surface area contributed by atoms with Gasteiger partial charge in [-0.25, -0.2) is 4.79 Å². The fourth-order valence-electron chi connectivity index (χ4n) is 2.46. The van der Waals surface area contributed by atoms with Gasteiger partial charge < -0.3 is 15.0 Å². The van der Waals surface area contributed by atoms with E-state index in [4.69, 9.17) is 10.00 Å². The van der Waals surface area contributed by atoms with Crippen LogP contribution in [0.15, 0.2) is 24.3 Å². The average Bonchev–Trinajstić information content (AvgIpc) is 2.92. The molecule has 2 rings (SSSR count). The van der Waals surface area contributed by atoms with E-state index >= 15 is 0 Å². The molecule has 1 atom stereocenters. The molecule has 118 valence electrons. The molecule has 1 saturated heterocycles. The molecular formula is C17H23N3O2. The number of likely N-dealkylation sites (tertiary alicyclic amines) is 1. The fourth-order valence-corrected chi connectivity index (χ4v) is 2.46. The van der Waals surface area contributed by atoms with Crippen molar-refractivity contribution >= 4 is 6.09 Å². The lowest BCUT2D eigenvalue weighted by molar-refractivity contribution is 0.0291. The predicted octanol–water partition coefficient (Wildman–Crippen LogP) is 2.66. The minimum Gasteiger partial charge on any atom is -0.444 e. The van der Waals surface area contributed by atoms with Crippen LogP contribution in [-0.4, -0.2) is 35.7 Å². The van der Waals surface area contributed by atoms with Gasteiger partial charge in [0.15, 0.2) is 0 Å². The number of carbonyl (C=O) groups excluding carboxylic acids is 1. The van der Waals surface area contributed by atoms with Gasteiger partial charge in [-0.1, -0.05) is 18.2 Å². The Morgan fingerprint density at radius 3 is 2.86 bits per heavy atom. The van der Waals surface area contributed by atoms with Gasteiger partial charge in [-0.05, 0) is 38.8 Å². The maximum atomic E-state index is 12.0. The predicted molar refractivity (Wildman–Crippen MR) is 84.2 cm³/mol. The van der Waals surface area contributed by atoms with Crippen molar-refractivity contribution in [1.82, 2.24) is 10.2 Å². The van der Waals surface area contributed by atoms with Gasteiger partial charge in [-0.3, -0.25) is 0 Å². The minimum absolute atomic E-state index is 0.235. The van der Waals surface area contributed by atoms with Crippen LogP contribution in [0.5, 0.6) is 0 Å². The number of amides is 1. The second-order valence-electron chi connectivity index (χ2n) is 6.56. The molecule has 0 bridgehead atoms. The normalized spacial score (nSPS) is 18.1. The maximum Gasteiger partial charge on any atom is 0.410 e. The van der Waals surface area contributed by atoms with Crippen molar-refractivity contribution in [3.05, 3.63) is 35.4 Å². The Morgan fingerprint density at radius 2 is 2.18 bits per heavy atom. The van der Waals surface area contributed by atoms with Gasteiger partial charge in [-0.2, -0.15) is 5.26 Å². The first-order chi connectivity index (χ1) is 10.4. The van der Waals surface area contributed by atoms with E-state index in [0.29, 0.717) is 25.2 Å². The summed E-state index contributed by atoms with van der Waals surface area (Å²) in [7, 11) is 0. The van der Waals surface area contributed by atoms with E-state index in [-0.39, 0.29) is 12.1 Å². The van der Waals surface area contributed by atoms with Crippen molar-refractivity contribution in [2.45, 2.75) is 45.4 Å². The molecule has 0 aromatic heterocycles. The van der Waals surface area contributed by atoms with E-state index in [9.17, 15) is 4.79 Å². The molecule has 1 aliphatic heterocycles. The smallest absolute Gasteiger partial charge is 0.410 e. The van der Waals surface area contributed by atoms with E-state index in [1.165, 1.54) is 0 Å². The first-order valence-electron chi connectivity index (χ1n) is 7.58. The summed E-state index contributed by atoms with van der Waals surface area (Å²) in [4.78, 5) is 13.7. The zero-order valence-electron chi connectivity index (χ0n) is 13.4. The molecule has 0 radical (unpaired) electrons. The first-order valence-corrected chi connectivity index (χ1v) is 7.58. The molecule has 5 heteroatoms. The summed E-state index contributed by atoms with van der Waals surface area (Å²) < 4.78 is 5.39. The summed E-state index contributed by atoms with van der Waals surface area (Å²) in [5.41, 5.74) is 1.21. The molecule has 1 aliphatic rings. The van der Waals surface area contributed by atoms with Crippen LogP contribution < -0.4 is 5.32 Å². The Morgan fingerprint density at radius 1 is 1.45 bits per heavy atom. The van der Waals surface area contributed by atoms with Gasteiger partial charge in [0.25, 0.3) is 0 Å². The standard InChI is InChI=1S/C17H23N3O2/c1-17(2,3)22-16(21)20-9-8-15(12-20)19-11-14-7-5-4-6-13(14)10-18/h4-7,15,19H,8-9,11-12H2,1-3H3. The third-order valence-electron chi connectivity index (χ3n) is 3.56. The number of nitriles is 1. The largest absolute Gasteiger partial charge is 0.444 e. The Labute approximate surface area is 131 Å². The van der Waals surface area contributed by atoms with Crippen molar-refractivity contribution in [3.8, 4) is 6.07 Å². The Hall–Kier alpha value is -2.06. The second-order valence-corrected chi connectivity index (χ2v) is 6.56. The van der Waals surface area contributed by atoms with Gasteiger partial charge in [0.05, 0.1) is 11.6 Å². The molecule has 1 aromatic carbocycles. The monoisotopic (exact) mass is 301 g/mol. The number of rotatable bonds is 3. The van der Waals surface area contributed by atoms with E-state index in [1.807, 2.05) is 45.0 Å². The highest BCUT2D eigenvalue weighted by Gasteiger charge is 2.29. The van der Waals surface area contributed by atoms with Gasteiger partial charge in [-0.15, -0.1) is 0 Å². The van der Waals surface area contributed by atoms with E-state index in [2.05, 4.69) is 11.4 Å². The number of nitrogens with zero attached hydrogens (tertiary/aromatic N) is 2. The molecule has 1 unspecified atom stereocenters. The molecule has 1 amide bonds. The first kappa shape index (κ1) is 16.3. The molecule has 5 nitrogen and oxygen atoms in total. The molecule has 22 heavy (non-hydrogen) atoms. The van der Waals surface area contributed by atoms with Crippen LogP contribution in [0.1, 0.15) is 38.3 Å². The third kappa shape index (κ3) is 4.47. The molecular weight excluding hydrogens is 278 g/mol. The summed E-state index contributed by atoms with van der Waals surface area (Å²) in [5.74, 6) is 0. The van der Waals surface area contributed by atoms with Crippen LogP contribution >= 0.6 is 0 Å². The lowest BCUT2D eigenvalue weighted by atomic mass is 10.1. The number of nitrogens with one attached hydrogen (secondary N) is 1. The summed E-state index contributed by atoms with van der Waals surface area (Å²) >= 11 is 0. The zero-order valence-corrected chi connectivity index (χ0v) is 13.4. The topological polar surface area (TPSA) is 65.4 Å². The quantitative estimate of drug-likeness (QED) is 0.932. The maximum absolute atomic E-state index is 12.0. The van der Waals surface area contributed by atoms with Gasteiger partial charge in [0, 0.05) is 25.7 Å². The fraction of sp³-hybridized carbons (Fsp3) is 0.529. The van der Waals surface area contributed by atoms with E-state index in [1.54, 1.807) is 4.90 Å². The Kier molecular flexibility index (Phi) is 5.04. The van der Waals surface area contributed by atoms with E-state index in [0.717, 1.165) is 12.0 Å². The SMILES string of the molecule is CC(C)(C)OC(=O)N1CCC(NCc2ccccc2C#N)C1. The molecule has 0 aliphatic carbocycles.